The zero-order chi connectivity index (χ0) is 20.1. The first-order valence-electron chi connectivity index (χ1n) is 7.74. The topological polar surface area (TPSA) is 115 Å². The summed E-state index contributed by atoms with van der Waals surface area (Å²) < 4.78 is 12.4. The fraction of sp³-hybridized carbons (Fsp3) is 0.222. The Morgan fingerprint density at radius 2 is 1.85 bits per heavy atom. The van der Waals surface area contributed by atoms with E-state index in [0.29, 0.717) is 17.2 Å². The Kier molecular flexibility index (Phi) is 5.82. The summed E-state index contributed by atoms with van der Waals surface area (Å²) in [7, 11) is 5.73. The molecular weight excluding hydrogens is 352 g/mol. The average Bonchev–Trinajstić information content (AvgIpc) is 2.67. The monoisotopic (exact) mass is 370 g/mol. The molecule has 0 fully saturated rings. The van der Waals surface area contributed by atoms with Crippen LogP contribution in [-0.2, 0) is 18.9 Å². The zero-order valence-electron chi connectivity index (χ0n) is 15.3. The SMILES string of the molecule is COc1ccc(NC(=O)/C(C#N)=C/c2cn(C)c(=O)n(C)c2=O)cc1OC. The Hall–Kier alpha value is -3.80. The number of hydrogen-bond donors (Lipinski definition) is 1. The quantitative estimate of drug-likeness (QED) is 0.610. The Balaban J connectivity index is 2.38. The number of rotatable bonds is 5. The summed E-state index contributed by atoms with van der Waals surface area (Å²) in [4.78, 5) is 36.3. The molecule has 0 aliphatic carbocycles. The van der Waals surface area contributed by atoms with Crippen molar-refractivity contribution >= 4 is 17.7 Å². The van der Waals surface area contributed by atoms with Gasteiger partial charge in [0.1, 0.15) is 11.6 Å². The van der Waals surface area contributed by atoms with Crippen molar-refractivity contribution in [1.82, 2.24) is 9.13 Å². The van der Waals surface area contributed by atoms with Crippen molar-refractivity contribution in [2.24, 2.45) is 14.1 Å². The van der Waals surface area contributed by atoms with Crippen LogP contribution >= 0.6 is 0 Å². The van der Waals surface area contributed by atoms with Crippen LogP contribution in [0.2, 0.25) is 0 Å². The van der Waals surface area contributed by atoms with Crippen LogP contribution in [-0.4, -0.2) is 29.3 Å². The van der Waals surface area contributed by atoms with Gasteiger partial charge >= 0.3 is 5.69 Å². The molecule has 1 heterocycles. The minimum Gasteiger partial charge on any atom is -0.493 e. The van der Waals surface area contributed by atoms with E-state index in [2.05, 4.69) is 5.32 Å². The molecule has 9 nitrogen and oxygen atoms in total. The standard InChI is InChI=1S/C18H18N4O5/c1-21-10-12(17(24)22(2)18(21)25)7-11(9-19)16(23)20-13-5-6-14(26-3)15(8-13)27-4/h5-8,10H,1-4H3,(H,20,23)/b11-7+. The van der Waals surface area contributed by atoms with E-state index in [0.717, 1.165) is 10.6 Å². The minimum absolute atomic E-state index is 0.0404. The van der Waals surface area contributed by atoms with E-state index >= 15 is 0 Å². The molecule has 0 radical (unpaired) electrons. The third kappa shape index (κ3) is 4.07. The number of carbonyl (C=O) groups excluding carboxylic acids is 1. The first kappa shape index (κ1) is 19.5. The van der Waals surface area contributed by atoms with Crippen molar-refractivity contribution in [3.05, 3.63) is 56.4 Å². The number of nitrogens with one attached hydrogen (secondary N) is 1. The predicted molar refractivity (Wildman–Crippen MR) is 98.7 cm³/mol. The largest absolute Gasteiger partial charge is 0.493 e. The molecule has 0 saturated heterocycles. The van der Waals surface area contributed by atoms with E-state index in [1.807, 2.05) is 0 Å². The Morgan fingerprint density at radius 3 is 2.44 bits per heavy atom. The Bertz CT molecular complexity index is 1070. The molecular formula is C18H18N4O5. The molecule has 1 amide bonds. The van der Waals surface area contributed by atoms with Crippen molar-refractivity contribution in [1.29, 1.82) is 5.26 Å². The van der Waals surface area contributed by atoms with E-state index in [-0.39, 0.29) is 11.1 Å². The van der Waals surface area contributed by atoms with Gasteiger partial charge in [0.05, 0.1) is 19.8 Å². The molecule has 2 rings (SSSR count). The number of hydrogen-bond acceptors (Lipinski definition) is 6. The highest BCUT2D eigenvalue weighted by molar-refractivity contribution is 6.09. The van der Waals surface area contributed by atoms with E-state index < -0.39 is 17.2 Å². The van der Waals surface area contributed by atoms with E-state index in [4.69, 9.17) is 9.47 Å². The lowest BCUT2D eigenvalue weighted by Crippen LogP contribution is -2.37. The first-order chi connectivity index (χ1) is 12.8. The third-order valence-corrected chi connectivity index (χ3v) is 3.78. The summed E-state index contributed by atoms with van der Waals surface area (Å²) in [6, 6.07) is 6.49. The maximum Gasteiger partial charge on any atom is 0.330 e. The molecule has 0 spiro atoms. The third-order valence-electron chi connectivity index (χ3n) is 3.78. The summed E-state index contributed by atoms with van der Waals surface area (Å²) >= 11 is 0. The molecule has 0 unspecified atom stereocenters. The second-order valence-corrected chi connectivity index (χ2v) is 5.54. The molecule has 140 valence electrons. The van der Waals surface area contributed by atoms with Gasteiger partial charge in [-0.3, -0.25) is 14.2 Å². The van der Waals surface area contributed by atoms with E-state index in [1.165, 1.54) is 45.1 Å². The molecule has 1 aromatic carbocycles. The number of aryl methyl sites for hydroxylation is 1. The molecule has 0 atom stereocenters. The zero-order valence-corrected chi connectivity index (χ0v) is 15.3. The lowest BCUT2D eigenvalue weighted by Gasteiger charge is -2.10. The average molecular weight is 370 g/mol. The molecule has 2 aromatic rings. The molecule has 27 heavy (non-hydrogen) atoms. The summed E-state index contributed by atoms with van der Waals surface area (Å²) in [5.74, 6) is 0.186. The summed E-state index contributed by atoms with van der Waals surface area (Å²) in [6.45, 7) is 0. The predicted octanol–water partition coefficient (Wildman–Crippen LogP) is 0.647. The van der Waals surface area contributed by atoms with Gasteiger partial charge in [0, 0.05) is 32.0 Å². The molecule has 1 aromatic heterocycles. The number of benzene rings is 1. The molecule has 9 heteroatoms. The highest BCUT2D eigenvalue weighted by atomic mass is 16.5. The van der Waals surface area contributed by atoms with Crippen LogP contribution in [0.5, 0.6) is 11.5 Å². The number of ether oxygens (including phenoxy) is 2. The summed E-state index contributed by atoms with van der Waals surface area (Å²) in [5.41, 5.74) is -0.985. The first-order valence-corrected chi connectivity index (χ1v) is 7.74. The van der Waals surface area contributed by atoms with Gasteiger partial charge in [-0.05, 0) is 18.2 Å². The van der Waals surface area contributed by atoms with Crippen LogP contribution in [0, 0.1) is 11.3 Å². The number of amides is 1. The Morgan fingerprint density at radius 1 is 1.19 bits per heavy atom. The fourth-order valence-electron chi connectivity index (χ4n) is 2.35. The van der Waals surface area contributed by atoms with Crippen molar-refractivity contribution < 1.29 is 14.3 Å². The van der Waals surface area contributed by atoms with Gasteiger partial charge in [-0.25, -0.2) is 4.79 Å². The second-order valence-electron chi connectivity index (χ2n) is 5.54. The summed E-state index contributed by atoms with van der Waals surface area (Å²) in [6.07, 6.45) is 2.41. The van der Waals surface area contributed by atoms with Crippen LogP contribution in [0.3, 0.4) is 0 Å². The smallest absolute Gasteiger partial charge is 0.330 e. The van der Waals surface area contributed by atoms with Gasteiger partial charge < -0.3 is 19.4 Å². The highest BCUT2D eigenvalue weighted by Gasteiger charge is 2.14. The maximum atomic E-state index is 12.4. The minimum atomic E-state index is -0.708. The van der Waals surface area contributed by atoms with Crippen LogP contribution in [0.25, 0.3) is 6.08 Å². The van der Waals surface area contributed by atoms with Crippen molar-refractivity contribution in [2.75, 3.05) is 19.5 Å². The molecule has 0 bridgehead atoms. The van der Waals surface area contributed by atoms with Gasteiger partial charge in [0.2, 0.25) is 0 Å². The van der Waals surface area contributed by atoms with Crippen LogP contribution in [0.4, 0.5) is 5.69 Å². The summed E-state index contributed by atoms with van der Waals surface area (Å²) in [5, 5.41) is 11.9. The van der Waals surface area contributed by atoms with Gasteiger partial charge in [-0.2, -0.15) is 5.26 Å². The van der Waals surface area contributed by atoms with E-state index in [9.17, 15) is 19.6 Å². The van der Waals surface area contributed by atoms with Crippen molar-refractivity contribution in [2.45, 2.75) is 0 Å². The van der Waals surface area contributed by atoms with Crippen molar-refractivity contribution in [3.63, 3.8) is 0 Å². The molecule has 0 aliphatic rings. The molecule has 0 aliphatic heterocycles. The lowest BCUT2D eigenvalue weighted by atomic mass is 10.1. The number of carbonyl (C=O) groups is 1. The van der Waals surface area contributed by atoms with Crippen LogP contribution in [0.1, 0.15) is 5.56 Å². The van der Waals surface area contributed by atoms with Crippen LogP contribution < -0.4 is 26.0 Å². The van der Waals surface area contributed by atoms with Gasteiger partial charge in [0.15, 0.2) is 11.5 Å². The van der Waals surface area contributed by atoms with Crippen LogP contribution in [0.15, 0.2) is 39.6 Å². The lowest BCUT2D eigenvalue weighted by molar-refractivity contribution is -0.112. The number of anilines is 1. The van der Waals surface area contributed by atoms with Gasteiger partial charge in [-0.15, -0.1) is 0 Å². The number of nitriles is 1. The van der Waals surface area contributed by atoms with Gasteiger partial charge in [0.25, 0.3) is 11.5 Å². The van der Waals surface area contributed by atoms with E-state index in [1.54, 1.807) is 18.2 Å². The van der Waals surface area contributed by atoms with Gasteiger partial charge in [-0.1, -0.05) is 0 Å². The number of nitrogens with zero attached hydrogens (tertiary/aromatic N) is 3. The fourth-order valence-corrected chi connectivity index (χ4v) is 2.35. The maximum absolute atomic E-state index is 12.4. The van der Waals surface area contributed by atoms with Crippen molar-refractivity contribution in [3.8, 4) is 17.6 Å². The number of methoxy groups -OCH3 is 2. The second kappa shape index (κ2) is 8.05. The Labute approximate surface area is 154 Å². The molecule has 0 saturated carbocycles. The normalized spacial score (nSPS) is 10.9. The number of aromatic nitrogens is 2. The highest BCUT2D eigenvalue weighted by Crippen LogP contribution is 2.29. The molecule has 1 N–H and O–H groups in total.